The van der Waals surface area contributed by atoms with E-state index < -0.39 is 11.9 Å². The molecule has 0 atom stereocenters. The zero-order valence-electron chi connectivity index (χ0n) is 13.3. The summed E-state index contributed by atoms with van der Waals surface area (Å²) >= 11 is 11.9. The minimum Gasteiger partial charge on any atom is -0.364 e. The van der Waals surface area contributed by atoms with Crippen molar-refractivity contribution in [1.29, 1.82) is 0 Å². The summed E-state index contributed by atoms with van der Waals surface area (Å²) in [6.07, 6.45) is -1.68. The molecule has 0 unspecified atom stereocenters. The van der Waals surface area contributed by atoms with Crippen molar-refractivity contribution in [3.05, 3.63) is 58.2 Å². The lowest BCUT2D eigenvalue weighted by molar-refractivity contribution is -0.141. The summed E-state index contributed by atoms with van der Waals surface area (Å²) in [7, 11) is 1.70. The number of aromatic nitrogens is 4. The van der Waals surface area contributed by atoms with Gasteiger partial charge in [-0.3, -0.25) is 4.98 Å². The Kier molecular flexibility index (Phi) is 5.06. The molecule has 3 heterocycles. The van der Waals surface area contributed by atoms with E-state index in [1.54, 1.807) is 17.7 Å². The monoisotopic (exact) mass is 401 g/mol. The van der Waals surface area contributed by atoms with Crippen LogP contribution in [0, 0.1) is 0 Å². The minimum atomic E-state index is -4.60. The predicted molar refractivity (Wildman–Crippen MR) is 93.0 cm³/mol. The Morgan fingerprint density at radius 3 is 2.38 bits per heavy atom. The third-order valence-corrected chi connectivity index (χ3v) is 4.46. The van der Waals surface area contributed by atoms with E-state index in [1.807, 2.05) is 0 Å². The van der Waals surface area contributed by atoms with Gasteiger partial charge >= 0.3 is 6.18 Å². The largest absolute Gasteiger partial charge is 0.433 e. The molecule has 0 aliphatic heterocycles. The van der Waals surface area contributed by atoms with Gasteiger partial charge in [0.1, 0.15) is 11.0 Å². The third-order valence-electron chi connectivity index (χ3n) is 3.62. The number of hydrogen-bond acceptors (Lipinski definition) is 4. The zero-order chi connectivity index (χ0) is 18.9. The Morgan fingerprint density at radius 1 is 1.12 bits per heavy atom. The fourth-order valence-electron chi connectivity index (χ4n) is 2.25. The highest BCUT2D eigenvalue weighted by Crippen LogP contribution is 2.31. The zero-order valence-corrected chi connectivity index (χ0v) is 14.9. The SMILES string of the molecule is Cn1c(CNc2cc(C(F)(F)F)nc(-c3ccncc3)n2)cc(Cl)c1Cl. The normalized spacial score (nSPS) is 11.6. The Bertz CT molecular complexity index is 926. The van der Waals surface area contributed by atoms with Crippen molar-refractivity contribution in [2.75, 3.05) is 5.32 Å². The predicted octanol–water partition coefficient (Wildman–Crippen LogP) is 4.81. The van der Waals surface area contributed by atoms with Gasteiger partial charge in [0, 0.05) is 36.8 Å². The molecule has 136 valence electrons. The molecular weight excluding hydrogens is 390 g/mol. The summed E-state index contributed by atoms with van der Waals surface area (Å²) in [6.45, 7) is 0.188. The van der Waals surface area contributed by atoms with Gasteiger partial charge in [0.2, 0.25) is 0 Å². The van der Waals surface area contributed by atoms with Crippen molar-refractivity contribution in [2.24, 2.45) is 7.05 Å². The van der Waals surface area contributed by atoms with Crippen LogP contribution in [-0.4, -0.2) is 19.5 Å². The molecule has 3 rings (SSSR count). The first kappa shape index (κ1) is 18.5. The Hall–Kier alpha value is -2.32. The average Bonchev–Trinajstić information content (AvgIpc) is 2.86. The summed E-state index contributed by atoms with van der Waals surface area (Å²) < 4.78 is 41.2. The molecular formula is C16H12Cl2F3N5. The quantitative estimate of drug-likeness (QED) is 0.680. The van der Waals surface area contributed by atoms with Gasteiger partial charge in [-0.05, 0) is 18.2 Å². The molecule has 0 aromatic carbocycles. The van der Waals surface area contributed by atoms with Crippen molar-refractivity contribution in [3.63, 3.8) is 0 Å². The van der Waals surface area contributed by atoms with Crippen molar-refractivity contribution >= 4 is 29.0 Å². The number of rotatable bonds is 4. The molecule has 0 aliphatic carbocycles. The summed E-state index contributed by atoms with van der Waals surface area (Å²) in [4.78, 5) is 11.6. The topological polar surface area (TPSA) is 55.6 Å². The molecule has 3 aromatic heterocycles. The number of halogens is 5. The van der Waals surface area contributed by atoms with Crippen LogP contribution < -0.4 is 5.32 Å². The second-order valence-corrected chi connectivity index (χ2v) is 6.15. The van der Waals surface area contributed by atoms with Gasteiger partial charge in [-0.25, -0.2) is 9.97 Å². The summed E-state index contributed by atoms with van der Waals surface area (Å²) in [5.41, 5.74) is 0.0847. The Labute approximate surface area is 156 Å². The summed E-state index contributed by atoms with van der Waals surface area (Å²) in [6, 6.07) is 5.56. The second kappa shape index (κ2) is 7.13. The van der Waals surface area contributed by atoms with Crippen LogP contribution in [0.15, 0.2) is 36.7 Å². The van der Waals surface area contributed by atoms with E-state index in [2.05, 4.69) is 20.3 Å². The van der Waals surface area contributed by atoms with Crippen molar-refractivity contribution < 1.29 is 13.2 Å². The van der Waals surface area contributed by atoms with Crippen LogP contribution in [0.25, 0.3) is 11.4 Å². The van der Waals surface area contributed by atoms with Gasteiger partial charge < -0.3 is 9.88 Å². The molecule has 0 aliphatic rings. The molecule has 26 heavy (non-hydrogen) atoms. The lowest BCUT2D eigenvalue weighted by atomic mass is 10.2. The molecule has 0 radical (unpaired) electrons. The first-order valence-electron chi connectivity index (χ1n) is 7.36. The number of anilines is 1. The highest BCUT2D eigenvalue weighted by atomic mass is 35.5. The molecule has 0 saturated carbocycles. The summed E-state index contributed by atoms with van der Waals surface area (Å²) in [5, 5.41) is 3.57. The van der Waals surface area contributed by atoms with E-state index in [-0.39, 0.29) is 18.2 Å². The highest BCUT2D eigenvalue weighted by Gasteiger charge is 2.33. The van der Waals surface area contributed by atoms with Crippen LogP contribution >= 0.6 is 23.2 Å². The van der Waals surface area contributed by atoms with Gasteiger partial charge in [0.15, 0.2) is 11.5 Å². The van der Waals surface area contributed by atoms with E-state index >= 15 is 0 Å². The standard InChI is InChI=1S/C16H12Cl2F3N5/c1-26-10(6-11(17)14(26)18)8-23-13-7-12(16(19,20)21)24-15(25-13)9-2-4-22-5-3-9/h2-7H,8H2,1H3,(H,23,24,25). The Balaban J connectivity index is 1.94. The third kappa shape index (κ3) is 3.91. The van der Waals surface area contributed by atoms with E-state index in [0.29, 0.717) is 21.4 Å². The van der Waals surface area contributed by atoms with E-state index in [1.165, 1.54) is 24.5 Å². The maximum Gasteiger partial charge on any atom is 0.433 e. The van der Waals surface area contributed by atoms with Crippen molar-refractivity contribution in [3.8, 4) is 11.4 Å². The van der Waals surface area contributed by atoms with Crippen LogP contribution in [-0.2, 0) is 19.8 Å². The second-order valence-electron chi connectivity index (χ2n) is 5.38. The molecule has 0 fully saturated rings. The van der Waals surface area contributed by atoms with Crippen LogP contribution in [0.4, 0.5) is 19.0 Å². The number of alkyl halides is 3. The lowest BCUT2D eigenvalue weighted by Crippen LogP contribution is -2.12. The molecule has 10 heteroatoms. The lowest BCUT2D eigenvalue weighted by Gasteiger charge is -2.12. The molecule has 0 amide bonds. The van der Waals surface area contributed by atoms with Crippen LogP contribution in [0.5, 0.6) is 0 Å². The molecule has 3 aromatic rings. The first-order chi connectivity index (χ1) is 12.3. The van der Waals surface area contributed by atoms with Crippen LogP contribution in [0.1, 0.15) is 11.4 Å². The minimum absolute atomic E-state index is 0.0348. The van der Waals surface area contributed by atoms with E-state index in [9.17, 15) is 13.2 Å². The molecule has 5 nitrogen and oxygen atoms in total. The number of pyridine rings is 1. The molecule has 1 N–H and O–H groups in total. The molecule has 0 bridgehead atoms. The van der Waals surface area contributed by atoms with Gasteiger partial charge in [-0.2, -0.15) is 13.2 Å². The Morgan fingerprint density at radius 2 is 1.81 bits per heavy atom. The van der Waals surface area contributed by atoms with Crippen molar-refractivity contribution in [1.82, 2.24) is 19.5 Å². The van der Waals surface area contributed by atoms with Gasteiger partial charge in [-0.1, -0.05) is 23.2 Å². The smallest absolute Gasteiger partial charge is 0.364 e. The maximum absolute atomic E-state index is 13.2. The maximum atomic E-state index is 13.2. The van der Waals surface area contributed by atoms with Crippen LogP contribution in [0.2, 0.25) is 10.2 Å². The number of hydrogen-bond donors (Lipinski definition) is 1. The molecule has 0 spiro atoms. The van der Waals surface area contributed by atoms with E-state index in [0.717, 1.165) is 6.07 Å². The van der Waals surface area contributed by atoms with Crippen molar-refractivity contribution in [2.45, 2.75) is 12.7 Å². The average molecular weight is 402 g/mol. The van der Waals surface area contributed by atoms with Gasteiger partial charge in [-0.15, -0.1) is 0 Å². The number of nitrogens with zero attached hydrogens (tertiary/aromatic N) is 4. The fourth-order valence-corrected chi connectivity index (χ4v) is 2.67. The molecule has 0 saturated heterocycles. The first-order valence-corrected chi connectivity index (χ1v) is 8.11. The summed E-state index contributed by atoms with van der Waals surface area (Å²) in [5.74, 6) is -0.0137. The van der Waals surface area contributed by atoms with Gasteiger partial charge in [0.25, 0.3) is 0 Å². The van der Waals surface area contributed by atoms with E-state index in [4.69, 9.17) is 23.2 Å². The van der Waals surface area contributed by atoms with Gasteiger partial charge in [0.05, 0.1) is 11.6 Å². The fraction of sp³-hybridized carbons (Fsp3) is 0.188. The number of nitrogens with one attached hydrogen (secondary N) is 1. The highest BCUT2D eigenvalue weighted by molar-refractivity contribution is 6.41. The van der Waals surface area contributed by atoms with Crippen LogP contribution in [0.3, 0.4) is 0 Å².